The lowest BCUT2D eigenvalue weighted by atomic mass is 10.0. The molecule has 0 radical (unpaired) electrons. The van der Waals surface area contributed by atoms with Gasteiger partial charge in [-0.1, -0.05) is 39.7 Å². The Bertz CT molecular complexity index is 1410. The van der Waals surface area contributed by atoms with Crippen molar-refractivity contribution < 1.29 is 9.59 Å². The number of para-hydroxylation sites is 1. The highest BCUT2D eigenvalue weighted by molar-refractivity contribution is 9.10. The van der Waals surface area contributed by atoms with E-state index in [1.807, 2.05) is 0 Å². The van der Waals surface area contributed by atoms with E-state index in [1.165, 1.54) is 10.8 Å². The van der Waals surface area contributed by atoms with Gasteiger partial charge in [0.2, 0.25) is 11.3 Å². The first-order valence-electron chi connectivity index (χ1n) is 9.69. The molecule has 6 nitrogen and oxygen atoms in total. The van der Waals surface area contributed by atoms with E-state index in [2.05, 4.69) is 26.2 Å². The summed E-state index contributed by atoms with van der Waals surface area (Å²) >= 11 is 9.47. The number of pyridine rings is 2. The number of nitrogens with zero attached hydrogens (tertiary/aromatic N) is 2. The van der Waals surface area contributed by atoms with Gasteiger partial charge >= 0.3 is 0 Å². The van der Waals surface area contributed by atoms with Crippen molar-refractivity contribution in [3.8, 4) is 0 Å². The van der Waals surface area contributed by atoms with Crippen LogP contribution in [0.25, 0.3) is 11.0 Å². The topological polar surface area (TPSA) is 81.1 Å². The first-order chi connectivity index (χ1) is 15.3. The van der Waals surface area contributed by atoms with Crippen molar-refractivity contribution in [2.24, 2.45) is 0 Å². The highest BCUT2D eigenvalue weighted by Crippen LogP contribution is 2.21. The van der Waals surface area contributed by atoms with Crippen molar-refractivity contribution in [1.82, 2.24) is 9.55 Å². The number of nitrogens with one attached hydrogen (secondary N) is 1. The Balaban J connectivity index is 1.78. The third kappa shape index (κ3) is 4.49. The summed E-state index contributed by atoms with van der Waals surface area (Å²) in [5, 5.41) is 3.43. The number of amides is 1. The number of hydrogen-bond donors (Lipinski definition) is 1. The van der Waals surface area contributed by atoms with Crippen LogP contribution in [0.1, 0.15) is 21.6 Å². The second-order valence-electron chi connectivity index (χ2n) is 7.19. The van der Waals surface area contributed by atoms with Crippen LogP contribution in [0.15, 0.2) is 76.1 Å². The quantitative estimate of drug-likeness (QED) is 0.384. The van der Waals surface area contributed by atoms with E-state index in [9.17, 15) is 14.4 Å². The number of anilines is 1. The van der Waals surface area contributed by atoms with Crippen molar-refractivity contribution in [3.63, 3.8) is 0 Å². The van der Waals surface area contributed by atoms with Crippen molar-refractivity contribution in [1.29, 1.82) is 0 Å². The van der Waals surface area contributed by atoms with Crippen molar-refractivity contribution >= 4 is 55.9 Å². The number of fused-ring (bicyclic) bond motifs is 1. The van der Waals surface area contributed by atoms with Crippen LogP contribution in [0.5, 0.6) is 0 Å². The van der Waals surface area contributed by atoms with Gasteiger partial charge in [0.15, 0.2) is 5.78 Å². The third-order valence-electron chi connectivity index (χ3n) is 4.87. The van der Waals surface area contributed by atoms with Gasteiger partial charge in [0.25, 0.3) is 0 Å². The number of carbonyl (C=O) groups excluding carboxylic acids is 2. The van der Waals surface area contributed by atoms with E-state index in [-0.39, 0.29) is 23.4 Å². The summed E-state index contributed by atoms with van der Waals surface area (Å²) in [7, 11) is 0. The Morgan fingerprint density at radius 2 is 1.78 bits per heavy atom. The number of aryl methyl sites for hydroxylation is 1. The molecule has 8 heteroatoms. The first kappa shape index (κ1) is 21.9. The number of aromatic nitrogens is 2. The Morgan fingerprint density at radius 3 is 2.50 bits per heavy atom. The molecule has 4 aromatic rings. The number of benzene rings is 2. The zero-order chi connectivity index (χ0) is 22.8. The number of ketones is 1. The minimum absolute atomic E-state index is 0.0315. The SMILES string of the molecule is Cc1ccc2c(=O)c(C(=O)c3ccc(Br)cc3)cn(CC(=O)Nc3ccccc3Cl)c2n1. The molecule has 0 saturated heterocycles. The molecule has 2 aromatic carbocycles. The van der Waals surface area contributed by atoms with Crippen LogP contribution in [0, 0.1) is 6.92 Å². The Morgan fingerprint density at radius 1 is 1.06 bits per heavy atom. The van der Waals surface area contributed by atoms with Gasteiger partial charge in [-0.3, -0.25) is 14.4 Å². The fraction of sp³-hybridized carbons (Fsp3) is 0.0833. The molecule has 160 valence electrons. The zero-order valence-corrected chi connectivity index (χ0v) is 19.3. The summed E-state index contributed by atoms with van der Waals surface area (Å²) in [5.74, 6) is -0.793. The molecule has 0 aliphatic heterocycles. The predicted octanol–water partition coefficient (Wildman–Crippen LogP) is 4.99. The lowest BCUT2D eigenvalue weighted by Crippen LogP contribution is -2.25. The van der Waals surface area contributed by atoms with Gasteiger partial charge in [-0.05, 0) is 55.5 Å². The van der Waals surface area contributed by atoms with E-state index in [0.29, 0.717) is 27.6 Å². The van der Waals surface area contributed by atoms with Gasteiger partial charge in [-0.2, -0.15) is 0 Å². The second kappa shape index (κ2) is 9.06. The van der Waals surface area contributed by atoms with Crippen LogP contribution < -0.4 is 10.7 Å². The van der Waals surface area contributed by atoms with Gasteiger partial charge in [0.1, 0.15) is 12.2 Å². The van der Waals surface area contributed by atoms with Gasteiger partial charge in [0, 0.05) is 21.9 Å². The molecule has 2 heterocycles. The summed E-state index contributed by atoms with van der Waals surface area (Å²) in [6, 6.07) is 16.9. The maximum atomic E-state index is 13.1. The summed E-state index contributed by atoms with van der Waals surface area (Å²) in [6.45, 7) is 1.64. The standard InChI is InChI=1S/C24H17BrClN3O3/c1-14-6-11-17-23(32)18(22(31)15-7-9-16(25)10-8-15)12-29(24(17)27-14)13-21(30)28-20-5-3-2-4-19(20)26/h2-12H,13H2,1H3,(H,28,30). The molecule has 0 spiro atoms. The molecule has 0 saturated carbocycles. The second-order valence-corrected chi connectivity index (χ2v) is 8.51. The largest absolute Gasteiger partial charge is 0.323 e. The first-order valence-corrected chi connectivity index (χ1v) is 10.9. The molecule has 32 heavy (non-hydrogen) atoms. The maximum absolute atomic E-state index is 13.1. The summed E-state index contributed by atoms with van der Waals surface area (Å²) < 4.78 is 2.34. The molecule has 1 N–H and O–H groups in total. The van der Waals surface area contributed by atoms with Gasteiger partial charge in [-0.25, -0.2) is 4.98 Å². The highest BCUT2D eigenvalue weighted by Gasteiger charge is 2.19. The molecule has 4 rings (SSSR count). The monoisotopic (exact) mass is 509 g/mol. The molecular weight excluding hydrogens is 494 g/mol. The molecule has 0 aliphatic rings. The van der Waals surface area contributed by atoms with Crippen LogP contribution >= 0.6 is 27.5 Å². The number of rotatable bonds is 5. The average molecular weight is 511 g/mol. The minimum Gasteiger partial charge on any atom is -0.323 e. The molecule has 0 fully saturated rings. The molecule has 0 atom stereocenters. The lowest BCUT2D eigenvalue weighted by Gasteiger charge is -2.14. The minimum atomic E-state index is -0.428. The maximum Gasteiger partial charge on any atom is 0.244 e. The van der Waals surface area contributed by atoms with Crippen LogP contribution in [0.3, 0.4) is 0 Å². The van der Waals surface area contributed by atoms with Crippen LogP contribution in [-0.4, -0.2) is 21.2 Å². The zero-order valence-electron chi connectivity index (χ0n) is 16.9. The molecular formula is C24H17BrClN3O3. The molecule has 0 unspecified atom stereocenters. The highest BCUT2D eigenvalue weighted by atomic mass is 79.9. The van der Waals surface area contributed by atoms with Gasteiger partial charge in [0.05, 0.1) is 21.7 Å². The van der Waals surface area contributed by atoms with Crippen molar-refractivity contribution in [2.75, 3.05) is 5.32 Å². The van der Waals surface area contributed by atoms with E-state index in [1.54, 1.807) is 67.6 Å². The van der Waals surface area contributed by atoms with E-state index >= 15 is 0 Å². The normalized spacial score (nSPS) is 10.8. The predicted molar refractivity (Wildman–Crippen MR) is 128 cm³/mol. The van der Waals surface area contributed by atoms with Crippen molar-refractivity contribution in [3.05, 3.63) is 103 Å². The van der Waals surface area contributed by atoms with Gasteiger partial charge in [-0.15, -0.1) is 0 Å². The Kier molecular flexibility index (Phi) is 6.21. The number of carbonyl (C=O) groups is 2. The van der Waals surface area contributed by atoms with Gasteiger partial charge < -0.3 is 9.88 Å². The fourth-order valence-electron chi connectivity index (χ4n) is 3.31. The number of halogens is 2. The van der Waals surface area contributed by atoms with E-state index in [4.69, 9.17) is 11.6 Å². The molecule has 0 aliphatic carbocycles. The molecule has 2 aromatic heterocycles. The molecule has 1 amide bonds. The third-order valence-corrected chi connectivity index (χ3v) is 5.73. The number of hydrogen-bond acceptors (Lipinski definition) is 4. The van der Waals surface area contributed by atoms with Crippen molar-refractivity contribution in [2.45, 2.75) is 13.5 Å². The molecule has 0 bridgehead atoms. The summed E-state index contributed by atoms with van der Waals surface area (Å²) in [5.41, 5.74) is 1.40. The van der Waals surface area contributed by atoms with Crippen LogP contribution in [-0.2, 0) is 11.3 Å². The summed E-state index contributed by atoms with van der Waals surface area (Å²) in [6.07, 6.45) is 1.40. The lowest BCUT2D eigenvalue weighted by molar-refractivity contribution is -0.116. The Labute approximate surface area is 197 Å². The smallest absolute Gasteiger partial charge is 0.244 e. The Hall–Kier alpha value is -3.29. The van der Waals surface area contributed by atoms with Crippen LogP contribution in [0.2, 0.25) is 5.02 Å². The van der Waals surface area contributed by atoms with E-state index < -0.39 is 11.2 Å². The fourth-order valence-corrected chi connectivity index (χ4v) is 3.75. The summed E-state index contributed by atoms with van der Waals surface area (Å²) in [4.78, 5) is 43.4. The average Bonchev–Trinajstić information content (AvgIpc) is 2.77. The van der Waals surface area contributed by atoms with Crippen LogP contribution in [0.4, 0.5) is 5.69 Å². The van der Waals surface area contributed by atoms with E-state index in [0.717, 1.165) is 4.47 Å².